The molecule has 4 aromatic rings. The lowest BCUT2D eigenvalue weighted by Gasteiger charge is -2.25. The first kappa shape index (κ1) is 24.4. The Kier molecular flexibility index (Phi) is 7.09. The van der Waals surface area contributed by atoms with Crippen LogP contribution in [-0.4, -0.2) is 24.0 Å². The molecule has 0 amide bonds. The van der Waals surface area contributed by atoms with E-state index in [0.29, 0.717) is 12.6 Å². The van der Waals surface area contributed by atoms with Gasteiger partial charge >= 0.3 is 0 Å². The molecule has 1 aliphatic heterocycles. The van der Waals surface area contributed by atoms with Gasteiger partial charge in [0.15, 0.2) is 0 Å². The fourth-order valence-corrected chi connectivity index (χ4v) is 4.84. The Morgan fingerprint density at radius 1 is 0.784 bits per heavy atom. The Morgan fingerprint density at radius 2 is 1.32 bits per heavy atom. The summed E-state index contributed by atoms with van der Waals surface area (Å²) >= 11 is 0. The fourth-order valence-electron chi connectivity index (χ4n) is 4.84. The van der Waals surface area contributed by atoms with Crippen molar-refractivity contribution in [2.75, 3.05) is 18.0 Å². The quantitative estimate of drug-likeness (QED) is 0.273. The highest BCUT2D eigenvalue weighted by molar-refractivity contribution is 5.83. The van der Waals surface area contributed by atoms with Crippen molar-refractivity contribution >= 4 is 34.8 Å². The number of aryl methyl sites for hydroxylation is 3. The molecule has 1 saturated heterocycles. The Bertz CT molecular complexity index is 1360. The highest BCUT2D eigenvalue weighted by Crippen LogP contribution is 2.34. The van der Waals surface area contributed by atoms with E-state index in [1.165, 1.54) is 16.7 Å². The second-order valence-electron chi connectivity index (χ2n) is 9.47. The van der Waals surface area contributed by atoms with Crippen LogP contribution < -0.4 is 4.90 Å². The minimum Gasteiger partial charge on any atom is -0.428 e. The van der Waals surface area contributed by atoms with Crippen molar-refractivity contribution in [2.24, 2.45) is 4.99 Å². The van der Waals surface area contributed by atoms with Gasteiger partial charge in [-0.2, -0.15) is 4.99 Å². The SMILES string of the molecule is CCN1C/C(=C\c2ccc(N(c3ccccc3)c3ccccc3)cc2)O/C1=N/c1c(C)cc(C)cc1C. The van der Waals surface area contributed by atoms with Gasteiger partial charge in [-0.25, -0.2) is 0 Å². The lowest BCUT2D eigenvalue weighted by atomic mass is 10.1. The van der Waals surface area contributed by atoms with Crippen LogP contribution >= 0.6 is 0 Å². The van der Waals surface area contributed by atoms with Gasteiger partial charge in [-0.3, -0.25) is 0 Å². The van der Waals surface area contributed by atoms with Crippen molar-refractivity contribution < 1.29 is 4.74 Å². The smallest absolute Gasteiger partial charge is 0.298 e. The van der Waals surface area contributed by atoms with Gasteiger partial charge in [-0.15, -0.1) is 0 Å². The predicted molar refractivity (Wildman–Crippen MR) is 155 cm³/mol. The third-order valence-electron chi connectivity index (χ3n) is 6.57. The lowest BCUT2D eigenvalue weighted by molar-refractivity contribution is 0.426. The van der Waals surface area contributed by atoms with Crippen LogP contribution in [0.1, 0.15) is 29.2 Å². The summed E-state index contributed by atoms with van der Waals surface area (Å²) in [4.78, 5) is 9.35. The standard InChI is InChI=1S/C33H33N3O/c1-5-35-23-31(37-33(35)34-32-25(3)20-24(2)21-26(32)4)22-27-16-18-30(19-17-27)36(28-12-8-6-9-13-28)29-14-10-7-11-15-29/h6-22H,5,23H2,1-4H3/b31-22+,34-33+. The average molecular weight is 488 g/mol. The second kappa shape index (κ2) is 10.8. The maximum atomic E-state index is 6.26. The van der Waals surface area contributed by atoms with Gasteiger partial charge in [-0.1, -0.05) is 66.2 Å². The van der Waals surface area contributed by atoms with Gasteiger partial charge in [0.2, 0.25) is 0 Å². The number of amidine groups is 1. The molecule has 4 nitrogen and oxygen atoms in total. The van der Waals surface area contributed by atoms with Crippen molar-refractivity contribution in [3.05, 3.63) is 125 Å². The fraction of sp³-hybridized carbons (Fsp3) is 0.182. The van der Waals surface area contributed by atoms with Crippen LogP contribution in [-0.2, 0) is 4.74 Å². The minimum atomic E-state index is 0.666. The van der Waals surface area contributed by atoms with E-state index in [1.807, 2.05) is 12.1 Å². The predicted octanol–water partition coefficient (Wildman–Crippen LogP) is 8.46. The number of benzene rings is 4. The summed E-state index contributed by atoms with van der Waals surface area (Å²) in [7, 11) is 0. The van der Waals surface area contributed by atoms with E-state index in [4.69, 9.17) is 9.73 Å². The molecule has 0 radical (unpaired) electrons. The lowest BCUT2D eigenvalue weighted by Crippen LogP contribution is -2.24. The second-order valence-corrected chi connectivity index (χ2v) is 9.47. The average Bonchev–Trinajstić information content (AvgIpc) is 3.30. The number of hydrogen-bond donors (Lipinski definition) is 0. The van der Waals surface area contributed by atoms with Crippen LogP contribution in [0.5, 0.6) is 0 Å². The largest absolute Gasteiger partial charge is 0.428 e. The highest BCUT2D eigenvalue weighted by atomic mass is 16.5. The first-order valence-electron chi connectivity index (χ1n) is 12.8. The zero-order valence-corrected chi connectivity index (χ0v) is 22.0. The van der Waals surface area contributed by atoms with Crippen molar-refractivity contribution in [3.63, 3.8) is 0 Å². The van der Waals surface area contributed by atoms with Crippen LogP contribution in [0.15, 0.2) is 108 Å². The number of anilines is 3. The summed E-state index contributed by atoms with van der Waals surface area (Å²) < 4.78 is 6.26. The molecular formula is C33H33N3O. The molecule has 0 unspecified atom stereocenters. The molecule has 0 aromatic heterocycles. The molecule has 1 heterocycles. The molecule has 0 N–H and O–H groups in total. The summed E-state index contributed by atoms with van der Waals surface area (Å²) in [6, 6.07) is 34.5. The highest BCUT2D eigenvalue weighted by Gasteiger charge is 2.24. The summed E-state index contributed by atoms with van der Waals surface area (Å²) in [6.45, 7) is 10.0. The number of ether oxygens (including phenoxy) is 1. The molecule has 1 fully saturated rings. The van der Waals surface area contributed by atoms with Crippen molar-refractivity contribution in [1.82, 2.24) is 4.90 Å². The van der Waals surface area contributed by atoms with E-state index in [1.54, 1.807) is 0 Å². The molecule has 4 heteroatoms. The number of likely N-dealkylation sites (N-methyl/N-ethyl adjacent to an activating group) is 1. The van der Waals surface area contributed by atoms with E-state index in [-0.39, 0.29) is 0 Å². The number of nitrogens with zero attached hydrogens (tertiary/aromatic N) is 3. The Labute approximate surface area is 220 Å². The Morgan fingerprint density at radius 3 is 1.86 bits per heavy atom. The third-order valence-corrected chi connectivity index (χ3v) is 6.57. The van der Waals surface area contributed by atoms with E-state index in [2.05, 4.69) is 128 Å². The zero-order chi connectivity index (χ0) is 25.8. The molecule has 5 rings (SSSR count). The van der Waals surface area contributed by atoms with Crippen LogP contribution in [0, 0.1) is 20.8 Å². The van der Waals surface area contributed by atoms with Crippen LogP contribution in [0.2, 0.25) is 0 Å². The molecular weight excluding hydrogens is 454 g/mol. The van der Waals surface area contributed by atoms with Gasteiger partial charge in [0.1, 0.15) is 5.76 Å². The van der Waals surface area contributed by atoms with E-state index in [0.717, 1.165) is 40.6 Å². The molecule has 0 aliphatic carbocycles. The topological polar surface area (TPSA) is 28.1 Å². The number of rotatable bonds is 6. The molecule has 0 bridgehead atoms. The zero-order valence-electron chi connectivity index (χ0n) is 22.0. The summed E-state index contributed by atoms with van der Waals surface area (Å²) in [5.41, 5.74) is 9.03. The maximum absolute atomic E-state index is 6.26. The Hall–Kier alpha value is -4.31. The number of hydrogen-bond acceptors (Lipinski definition) is 3. The minimum absolute atomic E-state index is 0.666. The van der Waals surface area contributed by atoms with Gasteiger partial charge in [0, 0.05) is 23.6 Å². The van der Waals surface area contributed by atoms with Crippen LogP contribution in [0.4, 0.5) is 22.7 Å². The van der Waals surface area contributed by atoms with Gasteiger partial charge in [0.25, 0.3) is 6.02 Å². The monoisotopic (exact) mass is 487 g/mol. The van der Waals surface area contributed by atoms with Crippen molar-refractivity contribution in [2.45, 2.75) is 27.7 Å². The molecule has 4 aromatic carbocycles. The van der Waals surface area contributed by atoms with Crippen LogP contribution in [0.3, 0.4) is 0 Å². The summed E-state index contributed by atoms with van der Waals surface area (Å²) in [5, 5.41) is 0. The summed E-state index contributed by atoms with van der Waals surface area (Å²) in [6.07, 6.45) is 2.11. The maximum Gasteiger partial charge on any atom is 0.298 e. The van der Waals surface area contributed by atoms with Gasteiger partial charge in [-0.05, 0) is 86.9 Å². The van der Waals surface area contributed by atoms with Crippen molar-refractivity contribution in [1.29, 1.82) is 0 Å². The molecule has 186 valence electrons. The number of para-hydroxylation sites is 2. The van der Waals surface area contributed by atoms with E-state index >= 15 is 0 Å². The normalized spacial score (nSPS) is 15.3. The molecule has 0 saturated carbocycles. The molecule has 0 atom stereocenters. The van der Waals surface area contributed by atoms with Crippen molar-refractivity contribution in [3.8, 4) is 0 Å². The van der Waals surface area contributed by atoms with Gasteiger partial charge in [0.05, 0.1) is 12.2 Å². The third kappa shape index (κ3) is 5.44. The van der Waals surface area contributed by atoms with Crippen LogP contribution in [0.25, 0.3) is 6.08 Å². The molecule has 0 spiro atoms. The summed E-state index contributed by atoms with van der Waals surface area (Å²) in [5.74, 6) is 0.902. The first-order chi connectivity index (χ1) is 18.0. The number of aliphatic imine (C=N–C) groups is 1. The molecule has 37 heavy (non-hydrogen) atoms. The van der Waals surface area contributed by atoms with E-state index in [9.17, 15) is 0 Å². The van der Waals surface area contributed by atoms with Gasteiger partial charge < -0.3 is 14.5 Å². The molecule has 1 aliphatic rings. The Balaban J connectivity index is 1.41. The first-order valence-corrected chi connectivity index (χ1v) is 12.8. The van der Waals surface area contributed by atoms with E-state index < -0.39 is 0 Å².